The zero-order valence-electron chi connectivity index (χ0n) is 15.6. The van der Waals surface area contributed by atoms with Gasteiger partial charge >= 0.3 is 7.67 Å². The molecule has 5 nitrogen and oxygen atoms in total. The monoisotopic (exact) mass is 393 g/mol. The minimum absolute atomic E-state index is 0.597. The van der Waals surface area contributed by atoms with Gasteiger partial charge in [0, 0.05) is 37.6 Å². The number of hydrogen-bond donors (Lipinski definition) is 1. The Morgan fingerprint density at radius 3 is 1.86 bits per heavy atom. The number of piperazine rings is 1. The van der Waals surface area contributed by atoms with Crippen molar-refractivity contribution in [2.45, 2.75) is 0 Å². The van der Waals surface area contributed by atoms with Gasteiger partial charge in [-0.1, -0.05) is 54.6 Å². The van der Waals surface area contributed by atoms with Crippen molar-refractivity contribution in [2.24, 2.45) is 0 Å². The molecule has 0 spiro atoms. The van der Waals surface area contributed by atoms with Crippen LogP contribution in [0.1, 0.15) is 0 Å². The van der Waals surface area contributed by atoms with E-state index < -0.39 is 7.67 Å². The molecule has 1 atom stereocenters. The summed E-state index contributed by atoms with van der Waals surface area (Å²) in [6.45, 7) is 2.89. The second-order valence-electron chi connectivity index (χ2n) is 6.68. The number of benzene rings is 3. The lowest BCUT2D eigenvalue weighted by Gasteiger charge is -2.39. The highest BCUT2D eigenvalue weighted by Gasteiger charge is 2.36. The van der Waals surface area contributed by atoms with Gasteiger partial charge in [0.05, 0.1) is 0 Å². The standard InChI is InChI=1S/C22H24N3O2P/c26-28(23-20-10-4-1-5-11-20,27-22-14-8-3-9-15-22)25-18-16-24(17-19-25)21-12-6-2-7-13-21/h1-15H,16-19H2,(H,23,26)/t28-/m1/s1. The van der Waals surface area contributed by atoms with Crippen LogP contribution in [0.4, 0.5) is 11.4 Å². The Bertz CT molecular complexity index is 869. The average Bonchev–Trinajstić information content (AvgIpc) is 2.76. The van der Waals surface area contributed by atoms with E-state index in [1.165, 1.54) is 5.69 Å². The minimum atomic E-state index is -3.30. The van der Waals surface area contributed by atoms with Gasteiger partial charge in [-0.25, -0.2) is 9.24 Å². The Morgan fingerprint density at radius 1 is 0.714 bits per heavy atom. The van der Waals surface area contributed by atoms with E-state index in [2.05, 4.69) is 22.1 Å². The molecular formula is C22H24N3O2P. The Hall–Kier alpha value is -2.75. The number of nitrogens with zero attached hydrogens (tertiary/aromatic N) is 2. The second kappa shape index (κ2) is 8.51. The first-order valence-electron chi connectivity index (χ1n) is 9.46. The first-order valence-corrected chi connectivity index (χ1v) is 11.0. The summed E-state index contributed by atoms with van der Waals surface area (Å²) in [5.41, 5.74) is 1.98. The lowest BCUT2D eigenvalue weighted by atomic mass is 10.2. The zero-order chi connectivity index (χ0) is 19.2. The first-order chi connectivity index (χ1) is 13.7. The Kier molecular flexibility index (Phi) is 5.65. The van der Waals surface area contributed by atoms with Crippen LogP contribution in [0.25, 0.3) is 0 Å². The van der Waals surface area contributed by atoms with Crippen molar-refractivity contribution in [1.29, 1.82) is 0 Å². The van der Waals surface area contributed by atoms with Crippen LogP contribution in [-0.4, -0.2) is 30.8 Å². The van der Waals surface area contributed by atoms with E-state index in [4.69, 9.17) is 4.52 Å². The van der Waals surface area contributed by atoms with Gasteiger partial charge in [0.1, 0.15) is 5.75 Å². The van der Waals surface area contributed by atoms with E-state index in [0.717, 1.165) is 18.8 Å². The van der Waals surface area contributed by atoms with Crippen molar-refractivity contribution in [1.82, 2.24) is 4.67 Å². The molecular weight excluding hydrogens is 369 g/mol. The molecule has 144 valence electrons. The fourth-order valence-electron chi connectivity index (χ4n) is 3.31. The maximum Gasteiger partial charge on any atom is 0.419 e. The van der Waals surface area contributed by atoms with Crippen molar-refractivity contribution < 1.29 is 9.09 Å². The summed E-state index contributed by atoms with van der Waals surface area (Å²) in [4.78, 5) is 2.31. The van der Waals surface area contributed by atoms with E-state index in [0.29, 0.717) is 18.8 Å². The fourth-order valence-corrected chi connectivity index (χ4v) is 5.20. The van der Waals surface area contributed by atoms with Crippen molar-refractivity contribution in [2.75, 3.05) is 36.2 Å². The van der Waals surface area contributed by atoms with Crippen LogP contribution in [0.15, 0.2) is 91.0 Å². The molecule has 0 saturated carbocycles. The van der Waals surface area contributed by atoms with Crippen LogP contribution in [0, 0.1) is 0 Å². The summed E-state index contributed by atoms with van der Waals surface area (Å²) in [6, 6.07) is 29.3. The molecule has 1 N–H and O–H groups in total. The fraction of sp³-hybridized carbons (Fsp3) is 0.182. The predicted octanol–water partition coefficient (Wildman–Crippen LogP) is 5.11. The number of nitrogens with one attached hydrogen (secondary N) is 1. The molecule has 1 fully saturated rings. The molecule has 0 bridgehead atoms. The molecule has 0 aromatic heterocycles. The topological polar surface area (TPSA) is 44.8 Å². The van der Waals surface area contributed by atoms with Crippen LogP contribution in [0.5, 0.6) is 5.75 Å². The molecule has 3 aromatic carbocycles. The van der Waals surface area contributed by atoms with Crippen molar-refractivity contribution >= 4 is 19.0 Å². The smallest absolute Gasteiger partial charge is 0.418 e. The van der Waals surface area contributed by atoms with Crippen LogP contribution >= 0.6 is 7.67 Å². The highest BCUT2D eigenvalue weighted by Crippen LogP contribution is 2.50. The molecule has 0 unspecified atom stereocenters. The molecule has 1 saturated heterocycles. The van der Waals surface area contributed by atoms with Crippen LogP contribution in [0.2, 0.25) is 0 Å². The van der Waals surface area contributed by atoms with Crippen molar-refractivity contribution in [3.8, 4) is 5.75 Å². The van der Waals surface area contributed by atoms with E-state index in [1.807, 2.05) is 83.5 Å². The summed E-state index contributed by atoms with van der Waals surface area (Å²) in [6.07, 6.45) is 0. The van der Waals surface area contributed by atoms with Crippen LogP contribution in [-0.2, 0) is 4.57 Å². The number of hydrogen-bond acceptors (Lipinski definition) is 3. The van der Waals surface area contributed by atoms with E-state index in [-0.39, 0.29) is 0 Å². The first kappa shape index (κ1) is 18.6. The van der Waals surface area contributed by atoms with Gasteiger partial charge in [0.25, 0.3) is 0 Å². The molecule has 0 amide bonds. The van der Waals surface area contributed by atoms with Gasteiger partial charge in [-0.15, -0.1) is 0 Å². The number of rotatable bonds is 6. The molecule has 0 aliphatic carbocycles. The lowest BCUT2D eigenvalue weighted by Crippen LogP contribution is -2.46. The number of anilines is 2. The van der Waals surface area contributed by atoms with E-state index in [9.17, 15) is 4.57 Å². The predicted molar refractivity (Wildman–Crippen MR) is 115 cm³/mol. The van der Waals surface area contributed by atoms with Crippen LogP contribution in [0.3, 0.4) is 0 Å². The largest absolute Gasteiger partial charge is 0.419 e. The molecule has 28 heavy (non-hydrogen) atoms. The van der Waals surface area contributed by atoms with Gasteiger partial charge in [-0.2, -0.15) is 0 Å². The van der Waals surface area contributed by atoms with Gasteiger partial charge < -0.3 is 9.42 Å². The Labute approximate surface area is 166 Å². The summed E-state index contributed by atoms with van der Waals surface area (Å²) in [5, 5.41) is 3.17. The lowest BCUT2D eigenvalue weighted by molar-refractivity contribution is 0.338. The highest BCUT2D eigenvalue weighted by atomic mass is 31.2. The Morgan fingerprint density at radius 2 is 1.25 bits per heavy atom. The third kappa shape index (κ3) is 4.38. The normalized spacial score (nSPS) is 16.9. The summed E-state index contributed by atoms with van der Waals surface area (Å²) < 4.78 is 21.9. The molecule has 1 aliphatic rings. The van der Waals surface area contributed by atoms with Gasteiger partial charge in [0.15, 0.2) is 0 Å². The molecule has 1 aliphatic heterocycles. The zero-order valence-corrected chi connectivity index (χ0v) is 16.5. The van der Waals surface area contributed by atoms with Crippen molar-refractivity contribution in [3.63, 3.8) is 0 Å². The average molecular weight is 393 g/mol. The highest BCUT2D eigenvalue weighted by molar-refractivity contribution is 7.58. The summed E-state index contributed by atoms with van der Waals surface area (Å²) in [5.74, 6) is 0.597. The van der Waals surface area contributed by atoms with Crippen molar-refractivity contribution in [3.05, 3.63) is 91.0 Å². The van der Waals surface area contributed by atoms with E-state index >= 15 is 0 Å². The van der Waals surface area contributed by atoms with Gasteiger partial charge in [-0.3, -0.25) is 5.09 Å². The molecule has 3 aromatic rings. The summed E-state index contributed by atoms with van der Waals surface area (Å²) >= 11 is 0. The van der Waals surface area contributed by atoms with Gasteiger partial charge in [0.2, 0.25) is 0 Å². The second-order valence-corrected chi connectivity index (χ2v) is 8.69. The quantitative estimate of drug-likeness (QED) is 0.590. The van der Waals surface area contributed by atoms with Gasteiger partial charge in [-0.05, 0) is 36.4 Å². The number of para-hydroxylation sites is 3. The minimum Gasteiger partial charge on any atom is -0.418 e. The maximum atomic E-state index is 13.9. The maximum absolute atomic E-state index is 13.9. The molecule has 0 radical (unpaired) electrons. The summed E-state index contributed by atoms with van der Waals surface area (Å²) in [7, 11) is -3.30. The molecule has 1 heterocycles. The molecule has 4 rings (SSSR count). The Balaban J connectivity index is 1.53. The molecule has 6 heteroatoms. The third-order valence-electron chi connectivity index (χ3n) is 4.77. The van der Waals surface area contributed by atoms with E-state index in [1.54, 1.807) is 0 Å². The third-order valence-corrected chi connectivity index (χ3v) is 6.91. The SMILES string of the molecule is O=[P@](Nc1ccccc1)(Oc1ccccc1)N1CCN(c2ccccc2)CC1. The van der Waals surface area contributed by atoms with Crippen LogP contribution < -0.4 is 14.5 Å².